The normalized spacial score (nSPS) is 12.2. The molecule has 224 valence electrons. The van der Waals surface area contributed by atoms with Crippen LogP contribution in [0.3, 0.4) is 0 Å². The molecule has 0 aliphatic carbocycles. The standard InChI is InChI=1S/C30H36Cl2N6O4/c31-21-7-13-27(24(32)18-21)42-23-10-8-22(9-11-23)36-30(41)26(12-6-20-4-2-1-3-5-20)37-29(40)25(35)19-28(39)38(16-14-33)17-15-34/h1-5,7-11,13,18,25-26H,6,12,14-17,19,33-35H2,(H,36,41)(H,37,40)/t25-,26-/m0/s1. The second-order valence-corrected chi connectivity index (χ2v) is 10.4. The van der Waals surface area contributed by atoms with E-state index in [1.54, 1.807) is 42.5 Å². The second-order valence-electron chi connectivity index (χ2n) is 9.54. The smallest absolute Gasteiger partial charge is 0.246 e. The maximum atomic E-state index is 13.3. The van der Waals surface area contributed by atoms with Gasteiger partial charge in [-0.05, 0) is 60.9 Å². The number of benzene rings is 3. The largest absolute Gasteiger partial charge is 0.456 e. The van der Waals surface area contributed by atoms with E-state index in [1.165, 1.54) is 4.90 Å². The molecule has 2 atom stereocenters. The second kappa shape index (κ2) is 16.7. The third-order valence-electron chi connectivity index (χ3n) is 6.32. The summed E-state index contributed by atoms with van der Waals surface area (Å²) < 4.78 is 5.80. The molecular formula is C30H36Cl2N6O4. The number of carbonyl (C=O) groups is 3. The van der Waals surface area contributed by atoms with Gasteiger partial charge in [0.05, 0.1) is 17.5 Å². The van der Waals surface area contributed by atoms with Gasteiger partial charge in [-0.3, -0.25) is 14.4 Å². The number of nitrogens with two attached hydrogens (primary N) is 3. The monoisotopic (exact) mass is 614 g/mol. The first-order chi connectivity index (χ1) is 20.2. The number of rotatable bonds is 15. The molecule has 0 saturated heterocycles. The molecule has 0 heterocycles. The van der Waals surface area contributed by atoms with E-state index >= 15 is 0 Å². The molecule has 0 aromatic heterocycles. The minimum atomic E-state index is -1.15. The number of nitrogens with zero attached hydrogens (tertiary/aromatic N) is 1. The van der Waals surface area contributed by atoms with Crippen LogP contribution >= 0.6 is 23.2 Å². The van der Waals surface area contributed by atoms with Gasteiger partial charge in [-0.1, -0.05) is 53.5 Å². The zero-order chi connectivity index (χ0) is 30.5. The van der Waals surface area contributed by atoms with Gasteiger partial charge in [0, 0.05) is 36.9 Å². The van der Waals surface area contributed by atoms with Gasteiger partial charge >= 0.3 is 0 Å². The van der Waals surface area contributed by atoms with Crippen molar-refractivity contribution in [3.05, 3.63) is 88.4 Å². The van der Waals surface area contributed by atoms with E-state index < -0.39 is 23.9 Å². The molecule has 0 saturated carbocycles. The van der Waals surface area contributed by atoms with Crippen molar-refractivity contribution in [2.75, 3.05) is 31.5 Å². The summed E-state index contributed by atoms with van der Waals surface area (Å²) in [6, 6.07) is 19.1. The Morgan fingerprint density at radius 3 is 2.17 bits per heavy atom. The predicted molar refractivity (Wildman–Crippen MR) is 166 cm³/mol. The highest BCUT2D eigenvalue weighted by molar-refractivity contribution is 6.35. The average Bonchev–Trinajstić information content (AvgIpc) is 2.97. The molecule has 3 rings (SSSR count). The Labute approximate surface area is 255 Å². The Morgan fingerprint density at radius 2 is 1.55 bits per heavy atom. The van der Waals surface area contributed by atoms with Crippen molar-refractivity contribution in [2.24, 2.45) is 17.2 Å². The maximum absolute atomic E-state index is 13.3. The molecule has 0 radical (unpaired) electrons. The molecular weight excluding hydrogens is 579 g/mol. The van der Waals surface area contributed by atoms with E-state index in [4.69, 9.17) is 45.1 Å². The molecule has 8 N–H and O–H groups in total. The molecule has 12 heteroatoms. The summed E-state index contributed by atoms with van der Waals surface area (Å²) in [6.45, 7) is 1.14. The highest BCUT2D eigenvalue weighted by Gasteiger charge is 2.26. The van der Waals surface area contributed by atoms with E-state index in [2.05, 4.69) is 10.6 Å². The Bertz CT molecular complexity index is 1320. The maximum Gasteiger partial charge on any atom is 0.246 e. The van der Waals surface area contributed by atoms with Crippen LogP contribution in [0.1, 0.15) is 18.4 Å². The van der Waals surface area contributed by atoms with Gasteiger partial charge in [0.2, 0.25) is 17.7 Å². The van der Waals surface area contributed by atoms with Crippen LogP contribution < -0.4 is 32.6 Å². The van der Waals surface area contributed by atoms with Crippen molar-refractivity contribution < 1.29 is 19.1 Å². The number of aryl methyl sites for hydroxylation is 1. The Hall–Kier alpha value is -3.67. The minimum absolute atomic E-state index is 0.238. The molecule has 0 unspecified atom stereocenters. The van der Waals surface area contributed by atoms with Crippen molar-refractivity contribution in [2.45, 2.75) is 31.3 Å². The van der Waals surface area contributed by atoms with Gasteiger partial charge in [-0.15, -0.1) is 0 Å². The van der Waals surface area contributed by atoms with Crippen molar-refractivity contribution >= 4 is 46.6 Å². The summed E-state index contributed by atoms with van der Waals surface area (Å²) in [5.41, 5.74) is 18.7. The first-order valence-corrected chi connectivity index (χ1v) is 14.3. The molecule has 0 fully saturated rings. The molecule has 10 nitrogen and oxygen atoms in total. The van der Waals surface area contributed by atoms with E-state index in [1.807, 2.05) is 30.3 Å². The van der Waals surface area contributed by atoms with Gasteiger partial charge in [0.25, 0.3) is 0 Å². The SMILES string of the molecule is NCCN(CCN)C(=O)C[C@H](N)C(=O)N[C@@H](CCc1ccccc1)C(=O)Nc1ccc(Oc2ccc(Cl)cc2Cl)cc1. The lowest BCUT2D eigenvalue weighted by Gasteiger charge is -2.24. The van der Waals surface area contributed by atoms with Crippen LogP contribution in [0.4, 0.5) is 5.69 Å². The number of nitrogens with one attached hydrogen (secondary N) is 2. The fourth-order valence-corrected chi connectivity index (χ4v) is 4.55. The molecule has 0 aliphatic rings. The molecule has 3 aromatic carbocycles. The van der Waals surface area contributed by atoms with Gasteiger partial charge in [-0.25, -0.2) is 0 Å². The van der Waals surface area contributed by atoms with Gasteiger partial charge in [0.1, 0.15) is 17.5 Å². The molecule has 42 heavy (non-hydrogen) atoms. The van der Waals surface area contributed by atoms with Crippen LogP contribution in [0, 0.1) is 0 Å². The number of ether oxygens (including phenoxy) is 1. The molecule has 3 amide bonds. The fraction of sp³-hybridized carbons (Fsp3) is 0.300. The summed E-state index contributed by atoms with van der Waals surface area (Å²) in [5.74, 6) is -0.438. The van der Waals surface area contributed by atoms with Crippen molar-refractivity contribution in [1.82, 2.24) is 10.2 Å². The highest BCUT2D eigenvalue weighted by Crippen LogP contribution is 2.32. The first kappa shape index (κ1) is 32.8. The summed E-state index contributed by atoms with van der Waals surface area (Å²) in [5, 5.41) is 6.41. The zero-order valence-corrected chi connectivity index (χ0v) is 24.6. The van der Waals surface area contributed by atoms with Crippen LogP contribution in [-0.2, 0) is 20.8 Å². The Morgan fingerprint density at radius 1 is 0.881 bits per heavy atom. The predicted octanol–water partition coefficient (Wildman–Crippen LogP) is 3.31. The van der Waals surface area contributed by atoms with E-state index in [-0.39, 0.29) is 25.4 Å². The highest BCUT2D eigenvalue weighted by atomic mass is 35.5. The van der Waals surface area contributed by atoms with Gasteiger partial charge in [-0.2, -0.15) is 0 Å². The Kier molecular flexibility index (Phi) is 13.1. The number of carbonyl (C=O) groups excluding carboxylic acids is 3. The van der Waals surface area contributed by atoms with Crippen LogP contribution in [0.2, 0.25) is 10.0 Å². The lowest BCUT2D eigenvalue weighted by Crippen LogP contribution is -2.52. The summed E-state index contributed by atoms with van der Waals surface area (Å²) in [7, 11) is 0. The lowest BCUT2D eigenvalue weighted by atomic mass is 10.0. The van der Waals surface area contributed by atoms with Crippen molar-refractivity contribution in [3.8, 4) is 11.5 Å². The molecule has 0 spiro atoms. The number of hydrogen-bond donors (Lipinski definition) is 5. The third-order valence-corrected chi connectivity index (χ3v) is 6.85. The van der Waals surface area contributed by atoms with Crippen LogP contribution in [-0.4, -0.2) is 60.9 Å². The number of halogens is 2. The third kappa shape index (κ3) is 10.3. The van der Waals surface area contributed by atoms with Crippen LogP contribution in [0.25, 0.3) is 0 Å². The first-order valence-electron chi connectivity index (χ1n) is 13.5. The van der Waals surface area contributed by atoms with Crippen LogP contribution in [0.15, 0.2) is 72.8 Å². The average molecular weight is 616 g/mol. The summed E-state index contributed by atoms with van der Waals surface area (Å²) >= 11 is 12.1. The Balaban J connectivity index is 1.66. The van der Waals surface area contributed by atoms with E-state index in [9.17, 15) is 14.4 Å². The summed E-state index contributed by atoms with van der Waals surface area (Å²) in [4.78, 5) is 40.4. The number of anilines is 1. The number of amides is 3. The van der Waals surface area contributed by atoms with Gasteiger partial charge in [0.15, 0.2) is 0 Å². The quantitative estimate of drug-likeness (QED) is 0.175. The molecule has 0 aliphatic heterocycles. The molecule has 0 bridgehead atoms. The van der Waals surface area contributed by atoms with E-state index in [0.717, 1.165) is 5.56 Å². The minimum Gasteiger partial charge on any atom is -0.456 e. The number of hydrogen-bond acceptors (Lipinski definition) is 7. The van der Waals surface area contributed by atoms with Gasteiger partial charge < -0.3 is 37.5 Å². The van der Waals surface area contributed by atoms with Crippen molar-refractivity contribution in [3.63, 3.8) is 0 Å². The van der Waals surface area contributed by atoms with Crippen LogP contribution in [0.5, 0.6) is 11.5 Å². The molecule has 3 aromatic rings. The van der Waals surface area contributed by atoms with Crippen molar-refractivity contribution in [1.29, 1.82) is 0 Å². The van der Waals surface area contributed by atoms with E-state index in [0.29, 0.717) is 53.2 Å². The zero-order valence-electron chi connectivity index (χ0n) is 23.1. The lowest BCUT2D eigenvalue weighted by molar-refractivity contribution is -0.134. The summed E-state index contributed by atoms with van der Waals surface area (Å²) in [6.07, 6.45) is 0.603. The fourth-order valence-electron chi connectivity index (χ4n) is 4.11. The topological polar surface area (TPSA) is 166 Å².